The van der Waals surface area contributed by atoms with Crippen LogP contribution in [0.5, 0.6) is 0 Å². The van der Waals surface area contributed by atoms with E-state index in [0.717, 1.165) is 36.8 Å². The summed E-state index contributed by atoms with van der Waals surface area (Å²) in [4.78, 5) is 12.2. The Kier molecular flexibility index (Phi) is 4.20. The van der Waals surface area contributed by atoms with E-state index in [9.17, 15) is 4.79 Å². The zero-order valence-corrected chi connectivity index (χ0v) is 12.2. The highest BCUT2D eigenvalue weighted by atomic mass is 16.5. The molecule has 0 N–H and O–H groups in total. The Morgan fingerprint density at radius 2 is 2.00 bits per heavy atom. The minimum absolute atomic E-state index is 0.0765. The van der Waals surface area contributed by atoms with E-state index >= 15 is 0 Å². The van der Waals surface area contributed by atoms with Gasteiger partial charge in [0.15, 0.2) is 0 Å². The van der Waals surface area contributed by atoms with E-state index in [-0.39, 0.29) is 18.0 Å². The second kappa shape index (κ2) is 6.27. The molecule has 3 heteroatoms. The number of methoxy groups -OCH3 is 1. The molecule has 2 aromatic rings. The van der Waals surface area contributed by atoms with Gasteiger partial charge in [0.1, 0.15) is 5.92 Å². The predicted octanol–water partition coefficient (Wildman–Crippen LogP) is 3.67. The molecule has 21 heavy (non-hydrogen) atoms. The summed E-state index contributed by atoms with van der Waals surface area (Å²) >= 11 is 0. The van der Waals surface area contributed by atoms with E-state index in [1.165, 1.54) is 12.5 Å². The van der Waals surface area contributed by atoms with Gasteiger partial charge in [-0.2, -0.15) is 0 Å². The lowest BCUT2D eigenvalue weighted by molar-refractivity contribution is -0.147. The van der Waals surface area contributed by atoms with Gasteiger partial charge in [-0.15, -0.1) is 0 Å². The van der Waals surface area contributed by atoms with E-state index in [2.05, 4.69) is 24.3 Å². The van der Waals surface area contributed by atoms with Crippen LogP contribution < -0.4 is 0 Å². The van der Waals surface area contributed by atoms with Crippen molar-refractivity contribution < 1.29 is 14.3 Å². The molecule has 1 aliphatic heterocycles. The van der Waals surface area contributed by atoms with Crippen molar-refractivity contribution in [1.29, 1.82) is 0 Å². The monoisotopic (exact) mass is 284 g/mol. The summed E-state index contributed by atoms with van der Waals surface area (Å²) < 4.78 is 10.8. The van der Waals surface area contributed by atoms with Crippen LogP contribution >= 0.6 is 0 Å². The van der Waals surface area contributed by atoms with Gasteiger partial charge in [-0.25, -0.2) is 0 Å². The number of benzene rings is 2. The summed E-state index contributed by atoms with van der Waals surface area (Å²) in [5, 5.41) is 2.31. The molecule has 0 spiro atoms. The van der Waals surface area contributed by atoms with Gasteiger partial charge in [0.2, 0.25) is 0 Å². The molecule has 0 aliphatic carbocycles. The first kappa shape index (κ1) is 14.1. The fraction of sp³-hybridized carbons (Fsp3) is 0.389. The molecule has 0 saturated carbocycles. The quantitative estimate of drug-likeness (QED) is 0.807. The molecule has 0 bridgehead atoms. The van der Waals surface area contributed by atoms with Crippen LogP contribution in [0.15, 0.2) is 42.5 Å². The number of hydrogen-bond donors (Lipinski definition) is 0. The molecule has 0 radical (unpaired) electrons. The first-order chi connectivity index (χ1) is 10.3. The highest BCUT2D eigenvalue weighted by Crippen LogP contribution is 2.31. The number of hydrogen-bond acceptors (Lipinski definition) is 3. The maximum atomic E-state index is 12.2. The van der Waals surface area contributed by atoms with Crippen LogP contribution in [0.2, 0.25) is 0 Å². The maximum absolute atomic E-state index is 12.2. The second-order valence-corrected chi connectivity index (χ2v) is 5.51. The third-order valence-electron chi connectivity index (χ3n) is 4.17. The lowest BCUT2D eigenvalue weighted by Crippen LogP contribution is -2.32. The molecular formula is C18H20O3. The minimum Gasteiger partial charge on any atom is -0.468 e. The normalized spacial score (nSPS) is 20.1. The number of ether oxygens (including phenoxy) is 2. The van der Waals surface area contributed by atoms with E-state index in [4.69, 9.17) is 9.47 Å². The van der Waals surface area contributed by atoms with Gasteiger partial charge in [-0.1, -0.05) is 42.5 Å². The lowest BCUT2D eigenvalue weighted by atomic mass is 9.88. The number of carbonyl (C=O) groups excluding carboxylic acids is 1. The zero-order chi connectivity index (χ0) is 14.7. The molecule has 2 aromatic carbocycles. The van der Waals surface area contributed by atoms with Crippen LogP contribution in [0.25, 0.3) is 10.8 Å². The zero-order valence-electron chi connectivity index (χ0n) is 12.2. The van der Waals surface area contributed by atoms with Crippen LogP contribution in [0, 0.1) is 0 Å². The Hall–Kier alpha value is -1.87. The molecule has 0 unspecified atom stereocenters. The predicted molar refractivity (Wildman–Crippen MR) is 82.3 cm³/mol. The molecule has 3 nitrogen and oxygen atoms in total. The third-order valence-corrected chi connectivity index (χ3v) is 4.17. The molecule has 3 rings (SSSR count). The fourth-order valence-corrected chi connectivity index (χ4v) is 3.06. The van der Waals surface area contributed by atoms with Crippen molar-refractivity contribution in [3.63, 3.8) is 0 Å². The van der Waals surface area contributed by atoms with Crippen LogP contribution in [0.3, 0.4) is 0 Å². The highest BCUT2D eigenvalue weighted by Gasteiger charge is 2.32. The Morgan fingerprint density at radius 3 is 2.71 bits per heavy atom. The summed E-state index contributed by atoms with van der Waals surface area (Å²) in [6.45, 7) is 0.728. The van der Waals surface area contributed by atoms with E-state index in [0.29, 0.717) is 0 Å². The average molecular weight is 284 g/mol. The van der Waals surface area contributed by atoms with Gasteiger partial charge < -0.3 is 9.47 Å². The summed E-state index contributed by atoms with van der Waals surface area (Å²) in [5.41, 5.74) is 0.979. The Bertz CT molecular complexity index is 629. The smallest absolute Gasteiger partial charge is 0.315 e. The van der Waals surface area contributed by atoms with Crippen molar-refractivity contribution in [3.05, 3.63) is 48.0 Å². The molecule has 110 valence electrons. The summed E-state index contributed by atoms with van der Waals surface area (Å²) in [6.07, 6.45) is 3.01. The van der Waals surface area contributed by atoms with Gasteiger partial charge in [0, 0.05) is 6.61 Å². The molecular weight excluding hydrogens is 264 g/mol. The molecule has 0 aromatic heterocycles. The van der Waals surface area contributed by atoms with Crippen molar-refractivity contribution >= 4 is 16.7 Å². The van der Waals surface area contributed by atoms with Crippen molar-refractivity contribution in [2.45, 2.75) is 31.3 Å². The fourth-order valence-electron chi connectivity index (χ4n) is 3.06. The minimum atomic E-state index is -0.333. The van der Waals surface area contributed by atoms with Crippen LogP contribution in [0.4, 0.5) is 0 Å². The van der Waals surface area contributed by atoms with E-state index < -0.39 is 0 Å². The Labute approximate surface area is 124 Å². The summed E-state index contributed by atoms with van der Waals surface area (Å²) in [6, 6.07) is 14.3. The number of rotatable bonds is 3. The lowest BCUT2D eigenvalue weighted by Gasteiger charge is -2.29. The van der Waals surface area contributed by atoms with Gasteiger partial charge in [-0.3, -0.25) is 4.79 Å². The molecule has 2 atom stereocenters. The molecule has 0 amide bonds. The van der Waals surface area contributed by atoms with Crippen molar-refractivity contribution in [1.82, 2.24) is 0 Å². The highest BCUT2D eigenvalue weighted by molar-refractivity contribution is 5.86. The van der Waals surface area contributed by atoms with Gasteiger partial charge in [-0.05, 0) is 35.6 Å². The Balaban J connectivity index is 1.98. The topological polar surface area (TPSA) is 35.5 Å². The van der Waals surface area contributed by atoms with Gasteiger partial charge >= 0.3 is 5.97 Å². The first-order valence-electron chi connectivity index (χ1n) is 7.48. The molecule has 1 heterocycles. The third kappa shape index (κ3) is 2.93. The van der Waals surface area contributed by atoms with Gasteiger partial charge in [0.05, 0.1) is 13.2 Å². The van der Waals surface area contributed by atoms with Crippen molar-refractivity contribution in [2.75, 3.05) is 13.7 Å². The SMILES string of the molecule is COC(=O)[C@H](c1ccc2ccccc2c1)[C@@H]1CCCCO1. The number of carbonyl (C=O) groups is 1. The maximum Gasteiger partial charge on any atom is 0.315 e. The Morgan fingerprint density at radius 1 is 1.19 bits per heavy atom. The largest absolute Gasteiger partial charge is 0.468 e. The first-order valence-corrected chi connectivity index (χ1v) is 7.48. The average Bonchev–Trinajstić information content (AvgIpc) is 2.56. The molecule has 1 saturated heterocycles. The van der Waals surface area contributed by atoms with E-state index in [1.54, 1.807) is 0 Å². The van der Waals surface area contributed by atoms with Crippen LogP contribution in [0.1, 0.15) is 30.7 Å². The van der Waals surface area contributed by atoms with Crippen LogP contribution in [-0.2, 0) is 14.3 Å². The summed E-state index contributed by atoms with van der Waals surface area (Å²) in [7, 11) is 1.44. The second-order valence-electron chi connectivity index (χ2n) is 5.51. The van der Waals surface area contributed by atoms with Crippen molar-refractivity contribution in [2.24, 2.45) is 0 Å². The number of fused-ring (bicyclic) bond motifs is 1. The van der Waals surface area contributed by atoms with Crippen molar-refractivity contribution in [3.8, 4) is 0 Å². The number of esters is 1. The van der Waals surface area contributed by atoms with E-state index in [1.807, 2.05) is 18.2 Å². The van der Waals surface area contributed by atoms with Crippen LogP contribution in [-0.4, -0.2) is 25.8 Å². The molecule has 1 fully saturated rings. The van der Waals surface area contributed by atoms with Gasteiger partial charge in [0.25, 0.3) is 0 Å². The summed E-state index contributed by atoms with van der Waals surface area (Å²) in [5.74, 6) is -0.544. The molecule has 1 aliphatic rings. The standard InChI is InChI=1S/C18H20O3/c1-20-18(19)17(16-8-4-5-11-21-16)15-10-9-13-6-2-3-7-14(13)12-15/h2-3,6-7,9-10,12,16-17H,4-5,8,11H2,1H3/t16-,17+/m0/s1.